The predicted octanol–water partition coefficient (Wildman–Crippen LogP) is 6.33. The summed E-state index contributed by atoms with van der Waals surface area (Å²) in [6.45, 7) is 5.39. The van der Waals surface area contributed by atoms with E-state index in [0.717, 1.165) is 39.8 Å². The monoisotopic (exact) mass is 485 g/mol. The van der Waals surface area contributed by atoms with E-state index in [-0.39, 0.29) is 6.03 Å². The van der Waals surface area contributed by atoms with Crippen LogP contribution in [0, 0.1) is 6.92 Å². The van der Waals surface area contributed by atoms with Gasteiger partial charge in [-0.3, -0.25) is 0 Å². The van der Waals surface area contributed by atoms with Crippen LogP contribution in [0.3, 0.4) is 0 Å². The van der Waals surface area contributed by atoms with Crippen molar-refractivity contribution in [1.29, 1.82) is 0 Å². The summed E-state index contributed by atoms with van der Waals surface area (Å²) >= 11 is 0. The Morgan fingerprint density at radius 1 is 1.00 bits per heavy atom. The Balaban J connectivity index is 1.32. The SMILES string of the molecule is CCN(Cc1cccc(OCCc2nc(-c3ccccc3)oc2C)c1)C(=O)Nc1ccc(OC)cc1. The first kappa shape index (κ1) is 24.9. The molecule has 0 atom stereocenters. The van der Waals surface area contributed by atoms with Gasteiger partial charge in [0.05, 0.1) is 19.4 Å². The number of oxazole rings is 1. The molecular formula is C29H31N3O4. The van der Waals surface area contributed by atoms with Crippen molar-refractivity contribution < 1.29 is 18.7 Å². The summed E-state index contributed by atoms with van der Waals surface area (Å²) in [5.41, 5.74) is 3.55. The number of aromatic nitrogens is 1. The highest BCUT2D eigenvalue weighted by Crippen LogP contribution is 2.22. The molecule has 2 amide bonds. The van der Waals surface area contributed by atoms with Gasteiger partial charge in [0.2, 0.25) is 5.89 Å². The molecule has 0 unspecified atom stereocenters. The van der Waals surface area contributed by atoms with Crippen LogP contribution in [0.5, 0.6) is 11.5 Å². The first-order chi connectivity index (χ1) is 17.6. The van der Waals surface area contributed by atoms with Gasteiger partial charge in [-0.2, -0.15) is 0 Å². The van der Waals surface area contributed by atoms with Crippen LogP contribution in [0.2, 0.25) is 0 Å². The van der Waals surface area contributed by atoms with E-state index in [1.807, 2.05) is 92.7 Å². The molecule has 7 nitrogen and oxygen atoms in total. The van der Waals surface area contributed by atoms with Crippen LogP contribution in [0.25, 0.3) is 11.5 Å². The Morgan fingerprint density at radius 3 is 2.50 bits per heavy atom. The van der Waals surface area contributed by atoms with Crippen LogP contribution in [0.1, 0.15) is 23.9 Å². The highest BCUT2D eigenvalue weighted by Gasteiger charge is 2.14. The van der Waals surface area contributed by atoms with Gasteiger partial charge >= 0.3 is 6.03 Å². The zero-order valence-electron chi connectivity index (χ0n) is 20.9. The number of nitrogens with zero attached hydrogens (tertiary/aromatic N) is 2. The maximum absolute atomic E-state index is 12.8. The lowest BCUT2D eigenvalue weighted by Crippen LogP contribution is -2.34. The second kappa shape index (κ2) is 11.9. The molecule has 1 aromatic heterocycles. The third-order valence-electron chi connectivity index (χ3n) is 5.80. The highest BCUT2D eigenvalue weighted by atomic mass is 16.5. The molecule has 0 spiro atoms. The lowest BCUT2D eigenvalue weighted by Gasteiger charge is -2.22. The first-order valence-corrected chi connectivity index (χ1v) is 12.0. The van der Waals surface area contributed by atoms with E-state index in [9.17, 15) is 4.79 Å². The van der Waals surface area contributed by atoms with Gasteiger partial charge in [-0.25, -0.2) is 9.78 Å². The number of aryl methyl sites for hydroxylation is 1. The standard InChI is InChI=1S/C29H31N3O4/c1-4-32(29(33)30-24-13-15-25(34-3)16-14-24)20-22-9-8-12-26(19-22)35-18-17-27-21(2)36-28(31-27)23-10-6-5-7-11-23/h5-16,19H,4,17-18,20H2,1-3H3,(H,30,33). The number of anilines is 1. The van der Waals surface area contributed by atoms with E-state index < -0.39 is 0 Å². The molecule has 36 heavy (non-hydrogen) atoms. The first-order valence-electron chi connectivity index (χ1n) is 12.0. The van der Waals surface area contributed by atoms with Gasteiger partial charge in [0.1, 0.15) is 17.3 Å². The van der Waals surface area contributed by atoms with E-state index in [2.05, 4.69) is 10.3 Å². The fraction of sp³-hybridized carbons (Fsp3) is 0.241. The van der Waals surface area contributed by atoms with Crippen molar-refractivity contribution in [3.05, 3.63) is 95.9 Å². The molecule has 1 heterocycles. The van der Waals surface area contributed by atoms with Gasteiger partial charge in [0.15, 0.2) is 0 Å². The predicted molar refractivity (Wildman–Crippen MR) is 140 cm³/mol. The van der Waals surface area contributed by atoms with Crippen LogP contribution in [0.15, 0.2) is 83.3 Å². The third-order valence-corrected chi connectivity index (χ3v) is 5.80. The summed E-state index contributed by atoms with van der Waals surface area (Å²) in [7, 11) is 1.61. The largest absolute Gasteiger partial charge is 0.497 e. The molecule has 7 heteroatoms. The summed E-state index contributed by atoms with van der Waals surface area (Å²) in [6.07, 6.45) is 0.637. The summed E-state index contributed by atoms with van der Waals surface area (Å²) in [5.74, 6) is 2.92. The molecule has 0 fully saturated rings. The lowest BCUT2D eigenvalue weighted by atomic mass is 10.2. The van der Waals surface area contributed by atoms with Crippen LogP contribution < -0.4 is 14.8 Å². The molecule has 0 aliphatic rings. The zero-order valence-corrected chi connectivity index (χ0v) is 20.9. The van der Waals surface area contributed by atoms with Crippen molar-refractivity contribution in [2.24, 2.45) is 0 Å². The number of carbonyl (C=O) groups is 1. The Hall–Kier alpha value is -4.26. The highest BCUT2D eigenvalue weighted by molar-refractivity contribution is 5.89. The lowest BCUT2D eigenvalue weighted by molar-refractivity contribution is 0.212. The van der Waals surface area contributed by atoms with Gasteiger partial charge in [-0.1, -0.05) is 30.3 Å². The van der Waals surface area contributed by atoms with Crippen LogP contribution >= 0.6 is 0 Å². The molecule has 1 N–H and O–H groups in total. The maximum atomic E-state index is 12.8. The van der Waals surface area contributed by atoms with Gasteiger partial charge in [0.25, 0.3) is 0 Å². The average molecular weight is 486 g/mol. The fourth-order valence-corrected chi connectivity index (χ4v) is 3.79. The van der Waals surface area contributed by atoms with E-state index in [1.54, 1.807) is 12.0 Å². The fourth-order valence-electron chi connectivity index (χ4n) is 3.79. The summed E-state index contributed by atoms with van der Waals surface area (Å²) in [5, 5.41) is 2.93. The molecule has 0 aliphatic heterocycles. The van der Waals surface area contributed by atoms with Crippen LogP contribution in [-0.2, 0) is 13.0 Å². The second-order valence-electron chi connectivity index (χ2n) is 8.31. The van der Waals surface area contributed by atoms with Gasteiger partial charge < -0.3 is 24.1 Å². The van der Waals surface area contributed by atoms with Gasteiger partial charge in [-0.05, 0) is 67.9 Å². The number of hydrogen-bond donors (Lipinski definition) is 1. The zero-order chi connectivity index (χ0) is 25.3. The summed E-state index contributed by atoms with van der Waals surface area (Å²) < 4.78 is 17.0. The Kier molecular flexibility index (Phi) is 8.24. The summed E-state index contributed by atoms with van der Waals surface area (Å²) in [4.78, 5) is 19.2. The molecular weight excluding hydrogens is 454 g/mol. The number of nitrogens with one attached hydrogen (secondary N) is 1. The van der Waals surface area contributed by atoms with Crippen molar-refractivity contribution >= 4 is 11.7 Å². The molecule has 3 aromatic carbocycles. The topological polar surface area (TPSA) is 76.8 Å². The minimum Gasteiger partial charge on any atom is -0.497 e. The average Bonchev–Trinajstić information content (AvgIpc) is 3.28. The molecule has 4 aromatic rings. The van der Waals surface area contributed by atoms with Crippen molar-refractivity contribution in [2.75, 3.05) is 25.6 Å². The molecule has 0 radical (unpaired) electrons. The minimum absolute atomic E-state index is 0.162. The number of urea groups is 1. The maximum Gasteiger partial charge on any atom is 0.322 e. The Morgan fingerprint density at radius 2 is 1.78 bits per heavy atom. The van der Waals surface area contributed by atoms with E-state index in [1.165, 1.54) is 0 Å². The number of carbonyl (C=O) groups excluding carboxylic acids is 1. The normalized spacial score (nSPS) is 10.6. The van der Waals surface area contributed by atoms with E-state index >= 15 is 0 Å². The smallest absolute Gasteiger partial charge is 0.322 e. The molecule has 4 rings (SSSR count). The number of benzene rings is 3. The van der Waals surface area contributed by atoms with Crippen molar-refractivity contribution in [3.63, 3.8) is 0 Å². The van der Waals surface area contributed by atoms with Crippen molar-refractivity contribution in [1.82, 2.24) is 9.88 Å². The number of hydrogen-bond acceptors (Lipinski definition) is 5. The second-order valence-corrected chi connectivity index (χ2v) is 8.31. The number of ether oxygens (including phenoxy) is 2. The molecule has 0 saturated carbocycles. The molecule has 0 aliphatic carbocycles. The quantitative estimate of drug-likeness (QED) is 0.284. The van der Waals surface area contributed by atoms with Crippen LogP contribution in [-0.4, -0.2) is 36.2 Å². The van der Waals surface area contributed by atoms with Crippen LogP contribution in [0.4, 0.5) is 10.5 Å². The Labute approximate surface area is 211 Å². The van der Waals surface area contributed by atoms with Gasteiger partial charge in [-0.15, -0.1) is 0 Å². The van der Waals surface area contributed by atoms with E-state index in [0.29, 0.717) is 32.0 Å². The minimum atomic E-state index is -0.162. The number of amides is 2. The van der Waals surface area contributed by atoms with Crippen molar-refractivity contribution in [2.45, 2.75) is 26.8 Å². The third kappa shape index (κ3) is 6.44. The Bertz CT molecular complexity index is 1270. The molecule has 0 saturated heterocycles. The van der Waals surface area contributed by atoms with Gasteiger partial charge in [0, 0.05) is 30.8 Å². The number of methoxy groups -OCH3 is 1. The molecule has 186 valence electrons. The number of rotatable bonds is 10. The van der Waals surface area contributed by atoms with Crippen molar-refractivity contribution in [3.8, 4) is 23.0 Å². The summed E-state index contributed by atoms with van der Waals surface area (Å²) in [6, 6.07) is 24.8. The molecule has 0 bridgehead atoms. The van der Waals surface area contributed by atoms with E-state index in [4.69, 9.17) is 13.9 Å².